The number of likely N-dealkylation sites (tertiary alicyclic amines) is 1. The van der Waals surface area contributed by atoms with Crippen LogP contribution in [-0.2, 0) is 19.3 Å². The Labute approximate surface area is 268 Å². The third-order valence-electron chi connectivity index (χ3n) is 11.0. The summed E-state index contributed by atoms with van der Waals surface area (Å²) in [7, 11) is 3.46. The Hall–Kier alpha value is -2.76. The summed E-state index contributed by atoms with van der Waals surface area (Å²) in [5.74, 6) is 4.53. The van der Waals surface area contributed by atoms with Gasteiger partial charge >= 0.3 is 0 Å². The molecule has 0 saturated carbocycles. The number of methoxy groups -OCH3 is 2. The van der Waals surface area contributed by atoms with E-state index in [1.165, 1.54) is 98.0 Å². The molecule has 4 aliphatic rings. The molecule has 1 N–H and O–H groups in total. The fourth-order valence-corrected chi connectivity index (χ4v) is 9.00. The van der Waals surface area contributed by atoms with Gasteiger partial charge in [-0.15, -0.1) is 0 Å². The van der Waals surface area contributed by atoms with Gasteiger partial charge < -0.3 is 19.7 Å². The third-order valence-corrected chi connectivity index (χ3v) is 11.2. The Morgan fingerprint density at radius 3 is 2.41 bits per heavy atom. The predicted molar refractivity (Wildman–Crippen MR) is 182 cm³/mol. The summed E-state index contributed by atoms with van der Waals surface area (Å²) in [6.45, 7) is 6.92. The number of aromatic nitrogens is 1. The number of anilines is 1. The molecule has 6 heteroatoms. The number of rotatable bonds is 10. The minimum Gasteiger partial charge on any atom is -0.493 e. The van der Waals surface area contributed by atoms with E-state index in [1.807, 2.05) is 12.1 Å². The molecule has 0 unspecified atom stereocenters. The third kappa shape index (κ3) is 6.07. The van der Waals surface area contributed by atoms with Crippen LogP contribution in [0, 0.1) is 17.8 Å². The molecule has 3 aliphatic carbocycles. The number of allylic oxidation sites excluding steroid dienone is 2. The van der Waals surface area contributed by atoms with Crippen LogP contribution >= 0.6 is 11.6 Å². The standard InChI is InChI=1S/C38H48ClN3O2/c1-4-24-14-27-19-30(16-24)37-34(20-27)41-33-23-31(39)6-7-32(33)38(37)40-10-5-11-42-12-8-25(9-13-42)15-26-17-28-21-35(43-2)36(44-3)22-29(28)18-26/h6-7,14,21-23,25-27,30H,4-5,8-13,15-20H2,1-3H3,(H,40,41)/t27-,30-/m1/s1. The molecule has 2 bridgehead atoms. The number of piperidine rings is 1. The van der Waals surface area contributed by atoms with E-state index in [0.29, 0.717) is 11.8 Å². The fraction of sp³-hybridized carbons (Fsp3) is 0.553. The molecule has 2 atom stereocenters. The lowest BCUT2D eigenvalue weighted by molar-refractivity contribution is 0.167. The molecule has 0 amide bonds. The van der Waals surface area contributed by atoms with Crippen LogP contribution in [0.25, 0.3) is 10.9 Å². The minimum absolute atomic E-state index is 0.578. The molecule has 5 nitrogen and oxygen atoms in total. The summed E-state index contributed by atoms with van der Waals surface area (Å²) in [5.41, 5.74) is 9.67. The largest absolute Gasteiger partial charge is 0.493 e. The fourth-order valence-electron chi connectivity index (χ4n) is 8.83. The van der Waals surface area contributed by atoms with Crippen molar-refractivity contribution in [2.24, 2.45) is 17.8 Å². The van der Waals surface area contributed by atoms with Gasteiger partial charge in [-0.1, -0.05) is 30.2 Å². The van der Waals surface area contributed by atoms with Gasteiger partial charge in [0.15, 0.2) is 11.5 Å². The van der Waals surface area contributed by atoms with E-state index in [4.69, 9.17) is 26.1 Å². The average molecular weight is 614 g/mol. The molecular weight excluding hydrogens is 566 g/mol. The second kappa shape index (κ2) is 12.9. The van der Waals surface area contributed by atoms with Gasteiger partial charge in [0.25, 0.3) is 0 Å². The van der Waals surface area contributed by atoms with E-state index >= 15 is 0 Å². The highest BCUT2D eigenvalue weighted by atomic mass is 35.5. The van der Waals surface area contributed by atoms with Crippen LogP contribution in [0.1, 0.15) is 80.2 Å². The zero-order chi connectivity index (χ0) is 30.2. The maximum absolute atomic E-state index is 6.42. The van der Waals surface area contributed by atoms with Gasteiger partial charge in [-0.25, -0.2) is 0 Å². The molecule has 0 radical (unpaired) electrons. The number of fused-ring (bicyclic) bond motifs is 6. The van der Waals surface area contributed by atoms with Crippen LogP contribution in [-0.4, -0.2) is 50.3 Å². The molecule has 0 spiro atoms. The van der Waals surface area contributed by atoms with Crippen molar-refractivity contribution < 1.29 is 9.47 Å². The minimum atomic E-state index is 0.578. The Morgan fingerprint density at radius 2 is 1.70 bits per heavy atom. The molecule has 1 saturated heterocycles. The molecule has 1 aromatic heterocycles. The van der Waals surface area contributed by atoms with E-state index in [0.717, 1.165) is 59.7 Å². The Balaban J connectivity index is 0.931. The van der Waals surface area contributed by atoms with Gasteiger partial charge in [0, 0.05) is 33.9 Å². The number of nitrogens with one attached hydrogen (secondary N) is 1. The summed E-state index contributed by atoms with van der Waals surface area (Å²) >= 11 is 6.42. The van der Waals surface area contributed by atoms with Gasteiger partial charge in [-0.3, -0.25) is 4.98 Å². The molecule has 2 heterocycles. The Morgan fingerprint density at radius 1 is 0.955 bits per heavy atom. The van der Waals surface area contributed by atoms with E-state index in [1.54, 1.807) is 19.8 Å². The predicted octanol–water partition coefficient (Wildman–Crippen LogP) is 8.61. The van der Waals surface area contributed by atoms with Crippen molar-refractivity contribution in [1.82, 2.24) is 9.88 Å². The molecular formula is C38H48ClN3O2. The monoisotopic (exact) mass is 613 g/mol. The number of ether oxygens (including phenoxy) is 2. The molecule has 3 aromatic rings. The van der Waals surface area contributed by atoms with E-state index < -0.39 is 0 Å². The highest BCUT2D eigenvalue weighted by Crippen LogP contribution is 2.48. The van der Waals surface area contributed by atoms with Crippen molar-refractivity contribution in [2.45, 2.75) is 77.0 Å². The molecule has 1 aliphatic heterocycles. The van der Waals surface area contributed by atoms with Gasteiger partial charge in [0.1, 0.15) is 0 Å². The Bertz CT molecular complexity index is 1510. The maximum Gasteiger partial charge on any atom is 0.161 e. The normalized spacial score (nSPS) is 22.0. The van der Waals surface area contributed by atoms with Gasteiger partial charge in [-0.2, -0.15) is 0 Å². The maximum atomic E-state index is 6.42. The van der Waals surface area contributed by atoms with Crippen LogP contribution in [0.2, 0.25) is 5.02 Å². The van der Waals surface area contributed by atoms with Crippen molar-refractivity contribution in [3.8, 4) is 11.5 Å². The van der Waals surface area contributed by atoms with Gasteiger partial charge in [-0.05, 0) is 149 Å². The summed E-state index contributed by atoms with van der Waals surface area (Å²) in [5, 5.41) is 5.94. The lowest BCUT2D eigenvalue weighted by Gasteiger charge is -2.37. The first-order chi connectivity index (χ1) is 21.5. The van der Waals surface area contributed by atoms with Crippen LogP contribution in [0.15, 0.2) is 42.0 Å². The zero-order valence-corrected chi connectivity index (χ0v) is 27.5. The van der Waals surface area contributed by atoms with Crippen LogP contribution in [0.4, 0.5) is 5.69 Å². The quantitative estimate of drug-likeness (QED) is 0.183. The molecule has 44 heavy (non-hydrogen) atoms. The van der Waals surface area contributed by atoms with E-state index in [9.17, 15) is 0 Å². The second-order valence-corrected chi connectivity index (χ2v) is 14.3. The highest BCUT2D eigenvalue weighted by molar-refractivity contribution is 6.31. The number of pyridine rings is 1. The van der Waals surface area contributed by atoms with E-state index in [-0.39, 0.29) is 0 Å². The first-order valence-electron chi connectivity index (χ1n) is 17.0. The summed E-state index contributed by atoms with van der Waals surface area (Å²) in [6.07, 6.45) is 14.7. The molecule has 7 rings (SSSR count). The first kappa shape index (κ1) is 29.9. The highest BCUT2D eigenvalue weighted by Gasteiger charge is 2.34. The summed E-state index contributed by atoms with van der Waals surface area (Å²) in [4.78, 5) is 7.87. The topological polar surface area (TPSA) is 46.6 Å². The smallest absolute Gasteiger partial charge is 0.161 e. The van der Waals surface area contributed by atoms with Gasteiger partial charge in [0.2, 0.25) is 0 Å². The van der Waals surface area contributed by atoms with Crippen molar-refractivity contribution in [2.75, 3.05) is 45.7 Å². The number of nitrogens with zero attached hydrogens (tertiary/aromatic N) is 2. The average Bonchev–Trinajstić information content (AvgIpc) is 3.43. The van der Waals surface area contributed by atoms with Crippen molar-refractivity contribution in [3.05, 3.63) is 69.4 Å². The summed E-state index contributed by atoms with van der Waals surface area (Å²) < 4.78 is 11.1. The van der Waals surface area contributed by atoms with Crippen molar-refractivity contribution in [1.29, 1.82) is 0 Å². The lowest BCUT2D eigenvalue weighted by atomic mass is 9.70. The van der Waals surface area contributed by atoms with Crippen LogP contribution in [0.3, 0.4) is 0 Å². The van der Waals surface area contributed by atoms with E-state index in [2.05, 4.69) is 41.4 Å². The first-order valence-corrected chi connectivity index (χ1v) is 17.4. The number of hydrogen-bond acceptors (Lipinski definition) is 5. The molecule has 1 fully saturated rings. The van der Waals surface area contributed by atoms with Crippen LogP contribution in [0.5, 0.6) is 11.5 Å². The van der Waals surface area contributed by atoms with Crippen LogP contribution < -0.4 is 14.8 Å². The SMILES string of the molecule is CCC1=C[C@H]2Cc3nc4cc(Cl)ccc4c(NCCCN4CCC(CC5Cc6cc(OC)c(OC)cc6C5)CC4)c3[C@H](C1)C2. The number of halogens is 1. The molecule has 2 aromatic carbocycles. The van der Waals surface area contributed by atoms with Crippen molar-refractivity contribution in [3.63, 3.8) is 0 Å². The lowest BCUT2D eigenvalue weighted by Crippen LogP contribution is -2.35. The Kier molecular flexibility index (Phi) is 8.79. The van der Waals surface area contributed by atoms with Gasteiger partial charge in [0.05, 0.1) is 19.7 Å². The number of benzene rings is 2. The van der Waals surface area contributed by atoms with Crippen molar-refractivity contribution >= 4 is 28.2 Å². The summed E-state index contributed by atoms with van der Waals surface area (Å²) in [6, 6.07) is 10.7. The second-order valence-electron chi connectivity index (χ2n) is 13.8. The molecule has 234 valence electrons. The zero-order valence-electron chi connectivity index (χ0n) is 26.8. The number of hydrogen-bond donors (Lipinski definition) is 1.